The van der Waals surface area contributed by atoms with Crippen LogP contribution in [0.15, 0.2) is 0 Å². The van der Waals surface area contributed by atoms with Crippen LogP contribution in [0.25, 0.3) is 0 Å². The largest absolute Gasteiger partial charge is 0.415 e. The average Bonchev–Trinajstić information content (AvgIpc) is 2.89. The zero-order valence-corrected chi connectivity index (χ0v) is 45.2. The summed E-state index contributed by atoms with van der Waals surface area (Å²) in [7, 11) is -15.4. The van der Waals surface area contributed by atoms with E-state index in [-0.39, 0.29) is 12.5 Å². The van der Waals surface area contributed by atoms with Crippen molar-refractivity contribution >= 4 is 70.4 Å². The Labute approximate surface area is 337 Å². The molecule has 0 bridgehead atoms. The van der Waals surface area contributed by atoms with Gasteiger partial charge in [-0.1, -0.05) is 0 Å². The molecule has 1 aliphatic rings. The molecule has 54 heavy (non-hydrogen) atoms. The Balaban J connectivity index is 3.97. The van der Waals surface area contributed by atoms with Gasteiger partial charge in [-0.3, -0.25) is 4.79 Å². The monoisotopic (exact) mass is 887 g/mol. The standard InChI is InChI=1S/C35H81NO11Si7/c1-26(38)36-30-34(47-54(20,21)22)32(45-52(14,15)16)28(25-40-48(2,3)4)41-35(30)39-24-29(43-50(8,9)10)33(46-53(17,18)19)31(44-51(11,12)13)27(23-37)42-49(5,6)7/h23,27-35H,24-25H2,1-22H3,(H,36,38)/t27?,28-,29?,30-,31?,32+,33?,34-,35?/m1/s1. The van der Waals surface area contributed by atoms with Gasteiger partial charge >= 0.3 is 0 Å². The Morgan fingerprint density at radius 1 is 0.611 bits per heavy atom. The highest BCUT2D eigenvalue weighted by Gasteiger charge is 2.52. The van der Waals surface area contributed by atoms with Gasteiger partial charge in [0.2, 0.25) is 5.91 Å². The zero-order valence-electron chi connectivity index (χ0n) is 38.2. The molecule has 0 aromatic carbocycles. The number of ether oxygens (including phenoxy) is 2. The summed E-state index contributed by atoms with van der Waals surface area (Å²) in [5.74, 6) is -0.235. The predicted octanol–water partition coefficient (Wildman–Crippen LogP) is 7.60. The fourth-order valence-electron chi connectivity index (χ4n) is 5.91. The summed E-state index contributed by atoms with van der Waals surface area (Å²) in [6, 6.07) is -0.699. The summed E-state index contributed by atoms with van der Waals surface area (Å²) < 4.78 is 61.3. The first kappa shape index (κ1) is 52.3. The normalized spacial score (nSPS) is 24.8. The van der Waals surface area contributed by atoms with E-state index in [0.717, 1.165) is 6.29 Å². The third-order valence-electron chi connectivity index (χ3n) is 7.22. The van der Waals surface area contributed by atoms with Gasteiger partial charge in [-0.2, -0.15) is 0 Å². The first-order valence-corrected chi connectivity index (χ1v) is 43.4. The van der Waals surface area contributed by atoms with Crippen LogP contribution < -0.4 is 5.32 Å². The maximum absolute atomic E-state index is 12.9. The van der Waals surface area contributed by atoms with Gasteiger partial charge < -0.3 is 50.6 Å². The maximum atomic E-state index is 12.9. The van der Waals surface area contributed by atoms with E-state index in [1.54, 1.807) is 0 Å². The molecule has 320 valence electrons. The van der Waals surface area contributed by atoms with Gasteiger partial charge in [-0.05, 0) is 137 Å². The van der Waals surface area contributed by atoms with E-state index in [0.29, 0.717) is 6.61 Å². The van der Waals surface area contributed by atoms with Crippen LogP contribution in [0, 0.1) is 0 Å². The highest BCUT2D eigenvalue weighted by atomic mass is 28.4. The lowest BCUT2D eigenvalue weighted by Gasteiger charge is -2.50. The molecule has 9 atom stereocenters. The average molecular weight is 889 g/mol. The summed E-state index contributed by atoms with van der Waals surface area (Å²) in [4.78, 5) is 25.8. The van der Waals surface area contributed by atoms with Gasteiger partial charge in [0.25, 0.3) is 0 Å². The highest BCUT2D eigenvalue weighted by Crippen LogP contribution is 2.33. The Bertz CT molecular complexity index is 1170. The number of carbonyl (C=O) groups is 2. The molecule has 0 spiro atoms. The molecule has 1 heterocycles. The molecule has 12 nitrogen and oxygen atoms in total. The Morgan fingerprint density at radius 3 is 1.44 bits per heavy atom. The Hall–Kier alpha value is 0.298. The van der Waals surface area contributed by atoms with Crippen molar-refractivity contribution < 1.29 is 50.0 Å². The van der Waals surface area contributed by atoms with Crippen molar-refractivity contribution in [1.29, 1.82) is 0 Å². The number of nitrogens with one attached hydrogen (secondary N) is 1. The minimum absolute atomic E-state index is 0.0328. The second-order valence-corrected chi connectivity index (χ2v) is 52.7. The third-order valence-corrected chi connectivity index (χ3v) is 14.2. The number of rotatable bonds is 23. The van der Waals surface area contributed by atoms with Crippen molar-refractivity contribution in [2.24, 2.45) is 0 Å². The fraction of sp³-hybridized carbons (Fsp3) is 0.943. The van der Waals surface area contributed by atoms with Crippen LogP contribution in [0.2, 0.25) is 137 Å². The molecule has 1 fully saturated rings. The van der Waals surface area contributed by atoms with Gasteiger partial charge in [-0.15, -0.1) is 0 Å². The first-order valence-electron chi connectivity index (χ1n) is 19.6. The maximum Gasteiger partial charge on any atom is 0.217 e. The molecule has 0 aliphatic carbocycles. The topological polar surface area (TPSA) is 129 Å². The minimum atomic E-state index is -2.30. The number of carbonyl (C=O) groups excluding carboxylic acids is 2. The van der Waals surface area contributed by atoms with Crippen LogP contribution in [-0.2, 0) is 50.0 Å². The lowest BCUT2D eigenvalue weighted by molar-refractivity contribution is -0.270. The van der Waals surface area contributed by atoms with E-state index in [4.69, 9.17) is 40.5 Å². The molecule has 0 saturated carbocycles. The zero-order chi connectivity index (χ0) is 42.5. The second-order valence-electron chi connectivity index (χ2n) is 21.4. The molecule has 1 amide bonds. The molecule has 1 saturated heterocycles. The van der Waals surface area contributed by atoms with Crippen molar-refractivity contribution in [3.05, 3.63) is 0 Å². The van der Waals surface area contributed by atoms with Crippen LogP contribution in [0.4, 0.5) is 0 Å². The predicted molar refractivity (Wildman–Crippen MR) is 237 cm³/mol. The van der Waals surface area contributed by atoms with Crippen molar-refractivity contribution in [2.45, 2.75) is 199 Å². The van der Waals surface area contributed by atoms with Gasteiger partial charge in [0, 0.05) is 6.92 Å². The molecule has 0 aromatic rings. The molecule has 1 N–H and O–H groups in total. The molecular formula is C35H81NO11Si7. The van der Waals surface area contributed by atoms with E-state index in [9.17, 15) is 9.59 Å². The van der Waals surface area contributed by atoms with Crippen LogP contribution in [0.1, 0.15) is 6.92 Å². The van der Waals surface area contributed by atoms with Crippen LogP contribution in [0.3, 0.4) is 0 Å². The van der Waals surface area contributed by atoms with Gasteiger partial charge in [0.1, 0.15) is 42.8 Å². The fourth-order valence-corrected chi connectivity index (χ4v) is 13.1. The SMILES string of the molecule is CC(=O)N[C@H]1C(OCC(O[Si](C)(C)C)C(O[Si](C)(C)C)C(O[Si](C)(C)C)C(C=O)O[Si](C)(C)C)O[C@H](CO[Si](C)(C)C)[C@H](O[Si](C)(C)C)[C@@H]1O[Si](C)(C)C. The summed E-state index contributed by atoms with van der Waals surface area (Å²) in [5, 5.41) is 3.13. The lowest BCUT2D eigenvalue weighted by Crippen LogP contribution is -2.69. The number of amides is 1. The lowest BCUT2D eigenvalue weighted by atomic mass is 9.97. The number of hydrogen-bond acceptors (Lipinski definition) is 11. The van der Waals surface area contributed by atoms with Crippen LogP contribution in [0.5, 0.6) is 0 Å². The van der Waals surface area contributed by atoms with Gasteiger partial charge in [-0.25, -0.2) is 0 Å². The molecular weight excluding hydrogens is 807 g/mol. The van der Waals surface area contributed by atoms with Crippen molar-refractivity contribution in [3.8, 4) is 0 Å². The molecule has 0 aromatic heterocycles. The van der Waals surface area contributed by atoms with E-state index in [1.807, 2.05) is 0 Å². The van der Waals surface area contributed by atoms with E-state index in [1.165, 1.54) is 6.92 Å². The first-order chi connectivity index (χ1) is 23.9. The summed E-state index contributed by atoms with van der Waals surface area (Å²) in [6.07, 6.45) is -4.67. The van der Waals surface area contributed by atoms with Crippen molar-refractivity contribution in [2.75, 3.05) is 13.2 Å². The summed E-state index contributed by atoms with van der Waals surface area (Å²) in [6.45, 7) is 46.2. The smallest absolute Gasteiger partial charge is 0.217 e. The van der Waals surface area contributed by atoms with Gasteiger partial charge in [0.15, 0.2) is 64.5 Å². The van der Waals surface area contributed by atoms with Crippen LogP contribution >= 0.6 is 0 Å². The molecule has 19 heteroatoms. The Morgan fingerprint density at radius 2 is 1.06 bits per heavy atom. The Kier molecular flexibility index (Phi) is 19.4. The van der Waals surface area contributed by atoms with Crippen LogP contribution in [-0.4, -0.2) is 139 Å². The second kappa shape index (κ2) is 20.0. The quantitative estimate of drug-likeness (QED) is 0.0805. The van der Waals surface area contributed by atoms with E-state index >= 15 is 0 Å². The molecule has 5 unspecified atom stereocenters. The summed E-state index contributed by atoms with van der Waals surface area (Å²) in [5.41, 5.74) is 0. The number of hydrogen-bond donors (Lipinski definition) is 1. The van der Waals surface area contributed by atoms with Gasteiger partial charge in [0.05, 0.1) is 25.4 Å². The van der Waals surface area contributed by atoms with Crippen molar-refractivity contribution in [3.63, 3.8) is 0 Å². The van der Waals surface area contributed by atoms with E-state index in [2.05, 4.69) is 143 Å². The minimum Gasteiger partial charge on any atom is -0.415 e. The third kappa shape index (κ3) is 21.9. The molecule has 0 radical (unpaired) electrons. The molecule has 1 rings (SSSR count). The van der Waals surface area contributed by atoms with E-state index < -0.39 is 113 Å². The summed E-state index contributed by atoms with van der Waals surface area (Å²) >= 11 is 0. The molecule has 1 aliphatic heterocycles. The number of aldehydes is 1. The highest BCUT2D eigenvalue weighted by molar-refractivity contribution is 6.72. The van der Waals surface area contributed by atoms with Crippen molar-refractivity contribution in [1.82, 2.24) is 5.32 Å².